The molecule has 1 aliphatic heterocycles. The molecule has 1 fully saturated rings. The van der Waals surface area contributed by atoms with Gasteiger partial charge < -0.3 is 16.0 Å². The molecule has 176 valence electrons. The highest BCUT2D eigenvalue weighted by molar-refractivity contribution is 5.88. The second kappa shape index (κ2) is 10.7. The van der Waals surface area contributed by atoms with Crippen LogP contribution < -0.4 is 16.0 Å². The number of halogens is 7. The second-order valence-electron chi connectivity index (χ2n) is 6.98. The first kappa shape index (κ1) is 26.6. The van der Waals surface area contributed by atoms with E-state index >= 15 is 0 Å². The highest BCUT2D eigenvalue weighted by Gasteiger charge is 2.39. The maximum Gasteiger partial charge on any atom is 0.449 e. The highest BCUT2D eigenvalue weighted by atomic mass is 19.4. The van der Waals surface area contributed by atoms with Crippen LogP contribution >= 0.6 is 0 Å². The minimum Gasteiger partial charge on any atom is -0.359 e. The first-order valence-corrected chi connectivity index (χ1v) is 9.15. The first-order valence-electron chi connectivity index (χ1n) is 9.15. The molecule has 0 spiro atoms. The number of nitrogens with one attached hydrogen (secondary N) is 3. The van der Waals surface area contributed by atoms with Crippen molar-refractivity contribution in [2.24, 2.45) is 9.98 Å². The molecule has 6 nitrogen and oxygen atoms in total. The van der Waals surface area contributed by atoms with Crippen molar-refractivity contribution in [2.45, 2.75) is 63.0 Å². The third-order valence-corrected chi connectivity index (χ3v) is 4.48. The molecule has 1 heterocycles. The normalized spacial score (nSPS) is 24.7. The molecule has 1 amide bonds. The molecule has 0 saturated carbocycles. The Balaban J connectivity index is 2.98. The van der Waals surface area contributed by atoms with E-state index in [9.17, 15) is 35.5 Å². The van der Waals surface area contributed by atoms with Crippen LogP contribution in [0.1, 0.15) is 20.3 Å². The minimum atomic E-state index is -4.92. The number of rotatable bonds is 8. The molecule has 1 unspecified atom stereocenters. The van der Waals surface area contributed by atoms with Crippen LogP contribution in [0.15, 0.2) is 34.9 Å². The molecule has 0 aromatic carbocycles. The Kier molecular flexibility index (Phi) is 9.21. The van der Waals surface area contributed by atoms with E-state index in [0.29, 0.717) is 12.4 Å². The van der Waals surface area contributed by atoms with Crippen molar-refractivity contribution < 1.29 is 35.5 Å². The van der Waals surface area contributed by atoms with E-state index in [0.717, 1.165) is 0 Å². The van der Waals surface area contributed by atoms with Gasteiger partial charge in [0.1, 0.15) is 6.17 Å². The maximum atomic E-state index is 13.6. The zero-order valence-electron chi connectivity index (χ0n) is 16.8. The number of amidine groups is 1. The summed E-state index contributed by atoms with van der Waals surface area (Å²) in [6.07, 6.45) is -10.0. The second-order valence-corrected chi connectivity index (χ2v) is 6.98. The number of hydrogen-bond donors (Lipinski definition) is 3. The quantitative estimate of drug-likeness (QED) is 0.297. The van der Waals surface area contributed by atoms with Gasteiger partial charge >= 0.3 is 12.4 Å². The number of hydrogen-bond acceptors (Lipinski definition) is 4. The topological polar surface area (TPSA) is 77.9 Å². The van der Waals surface area contributed by atoms with E-state index in [1.165, 1.54) is 13.8 Å². The van der Waals surface area contributed by atoms with Crippen LogP contribution in [-0.4, -0.2) is 67.2 Å². The molecule has 0 aliphatic carbocycles. The Labute approximate surface area is 174 Å². The lowest BCUT2D eigenvalue weighted by Crippen LogP contribution is -2.56. The number of nitrogens with zero attached hydrogens (tertiary/aromatic N) is 2. The molecule has 1 aliphatic rings. The third kappa shape index (κ3) is 8.31. The summed E-state index contributed by atoms with van der Waals surface area (Å²) in [7, 11) is 0. The Morgan fingerprint density at radius 3 is 2.29 bits per heavy atom. The van der Waals surface area contributed by atoms with E-state index in [1.807, 2.05) is 5.32 Å². The van der Waals surface area contributed by atoms with Gasteiger partial charge in [-0.25, -0.2) is 9.38 Å². The Morgan fingerprint density at radius 1 is 1.23 bits per heavy atom. The van der Waals surface area contributed by atoms with Gasteiger partial charge in [0, 0.05) is 30.9 Å². The van der Waals surface area contributed by atoms with Crippen molar-refractivity contribution in [3.63, 3.8) is 0 Å². The monoisotopic (exact) mass is 459 g/mol. The van der Waals surface area contributed by atoms with Crippen molar-refractivity contribution in [3.05, 3.63) is 24.9 Å². The Morgan fingerprint density at radius 2 is 1.84 bits per heavy atom. The summed E-state index contributed by atoms with van der Waals surface area (Å²) >= 11 is 0. The van der Waals surface area contributed by atoms with E-state index in [1.54, 1.807) is 0 Å². The predicted octanol–water partition coefficient (Wildman–Crippen LogP) is 2.83. The van der Waals surface area contributed by atoms with Gasteiger partial charge in [0.15, 0.2) is 0 Å². The molecule has 0 bridgehead atoms. The summed E-state index contributed by atoms with van der Waals surface area (Å²) in [6, 6.07) is -3.82. The summed E-state index contributed by atoms with van der Waals surface area (Å²) in [6.45, 7) is 8.16. The number of aliphatic imine (C=N–C) groups is 2. The zero-order valence-corrected chi connectivity index (χ0v) is 16.8. The van der Waals surface area contributed by atoms with Crippen LogP contribution in [0.3, 0.4) is 0 Å². The van der Waals surface area contributed by atoms with Gasteiger partial charge in [-0.1, -0.05) is 13.2 Å². The van der Waals surface area contributed by atoms with E-state index in [2.05, 4.69) is 33.8 Å². The predicted molar refractivity (Wildman–Crippen MR) is 103 cm³/mol. The fraction of sp³-hybridized carbons (Fsp3) is 0.611. The van der Waals surface area contributed by atoms with Gasteiger partial charge in [-0.05, 0) is 13.8 Å². The van der Waals surface area contributed by atoms with Crippen LogP contribution in [0.2, 0.25) is 0 Å². The molecule has 0 radical (unpaired) electrons. The molecule has 31 heavy (non-hydrogen) atoms. The molecule has 5 atom stereocenters. The summed E-state index contributed by atoms with van der Waals surface area (Å²) in [4.78, 5) is 18.9. The first-order chi connectivity index (χ1) is 14.2. The van der Waals surface area contributed by atoms with Gasteiger partial charge in [0.05, 0.1) is 24.2 Å². The van der Waals surface area contributed by atoms with Crippen molar-refractivity contribution in [1.29, 1.82) is 0 Å². The number of carbonyl (C=O) groups is 1. The minimum absolute atomic E-state index is 0.118. The fourth-order valence-electron chi connectivity index (χ4n) is 2.66. The smallest absolute Gasteiger partial charge is 0.359 e. The van der Waals surface area contributed by atoms with Crippen LogP contribution in [-0.2, 0) is 4.79 Å². The molecule has 0 aromatic rings. The average Bonchev–Trinajstić information content (AvgIpc) is 2.97. The van der Waals surface area contributed by atoms with E-state index < -0.39 is 66.6 Å². The van der Waals surface area contributed by atoms with Gasteiger partial charge in [0.25, 0.3) is 0 Å². The fourth-order valence-corrected chi connectivity index (χ4v) is 2.66. The average molecular weight is 459 g/mol. The maximum absolute atomic E-state index is 13.6. The molecular formula is C18H24F7N5O. The number of alkyl halides is 7. The number of amides is 1. The lowest BCUT2D eigenvalue weighted by molar-refractivity contribution is -0.123. The van der Waals surface area contributed by atoms with E-state index in [-0.39, 0.29) is 6.42 Å². The van der Waals surface area contributed by atoms with Gasteiger partial charge in [-0.15, -0.1) is 0 Å². The molecule has 1 rings (SSSR count). The summed E-state index contributed by atoms with van der Waals surface area (Å²) in [5.41, 5.74) is -1.29. The summed E-state index contributed by atoms with van der Waals surface area (Å²) < 4.78 is 90.7. The molecule has 3 N–H and O–H groups in total. The number of allylic oxidation sites excluding steroid dienone is 1. The Hall–Kier alpha value is -2.44. The molecule has 0 aromatic heterocycles. The van der Waals surface area contributed by atoms with Crippen LogP contribution in [0.4, 0.5) is 30.7 Å². The SMILES string of the molecule is C=C/N=C(\NC(C/N=C\C(=C)C(F)(F)F)[C@@H](C)NC(=O)[C@@H]1C[C@@H](F)[C@H](C)N1)C(F)(F)F. The van der Waals surface area contributed by atoms with Gasteiger partial charge in [0.2, 0.25) is 11.7 Å². The van der Waals surface area contributed by atoms with Crippen molar-refractivity contribution >= 4 is 18.0 Å². The summed E-state index contributed by atoms with van der Waals surface area (Å²) in [5.74, 6) is -2.13. The lowest BCUT2D eigenvalue weighted by atomic mass is 10.1. The Bertz CT molecular complexity index is 707. The van der Waals surface area contributed by atoms with E-state index in [4.69, 9.17) is 0 Å². The van der Waals surface area contributed by atoms with Gasteiger partial charge in [-0.2, -0.15) is 26.3 Å². The van der Waals surface area contributed by atoms with Crippen LogP contribution in [0.25, 0.3) is 0 Å². The summed E-state index contributed by atoms with van der Waals surface area (Å²) in [5, 5.41) is 7.19. The highest BCUT2D eigenvalue weighted by Crippen LogP contribution is 2.22. The zero-order chi connectivity index (χ0) is 24.0. The van der Waals surface area contributed by atoms with Crippen molar-refractivity contribution in [3.8, 4) is 0 Å². The van der Waals surface area contributed by atoms with Crippen LogP contribution in [0, 0.1) is 0 Å². The molecule has 1 saturated heterocycles. The molecular weight excluding hydrogens is 435 g/mol. The van der Waals surface area contributed by atoms with Crippen LogP contribution in [0.5, 0.6) is 0 Å². The molecule has 13 heteroatoms. The third-order valence-electron chi connectivity index (χ3n) is 4.48. The lowest BCUT2D eigenvalue weighted by Gasteiger charge is -2.28. The number of carbonyl (C=O) groups excluding carboxylic acids is 1. The standard InChI is InChI=1S/C18H24F7N5O/c1-5-27-16(18(23,24)25)30-14(8-26-7-9(2)17(20,21)22)11(4)29-15(31)13-6-12(19)10(3)28-13/h5,7,10-14,28H,1-2,6,8H2,3-4H3,(H,27,30)(H,29,31)/b26-7-/t10-,11+,12+,13-,14?/m0/s1. The van der Waals surface area contributed by atoms with Crippen molar-refractivity contribution in [1.82, 2.24) is 16.0 Å². The van der Waals surface area contributed by atoms with Crippen molar-refractivity contribution in [2.75, 3.05) is 6.54 Å². The largest absolute Gasteiger partial charge is 0.449 e. The van der Waals surface area contributed by atoms with Gasteiger partial charge in [-0.3, -0.25) is 9.79 Å².